The third-order valence-corrected chi connectivity index (χ3v) is 5.97. The van der Waals surface area contributed by atoms with Gasteiger partial charge in [0.05, 0.1) is 5.69 Å². The molecule has 0 saturated heterocycles. The first-order valence-electron chi connectivity index (χ1n) is 6.76. The van der Waals surface area contributed by atoms with E-state index in [2.05, 4.69) is 15.0 Å². The van der Waals surface area contributed by atoms with E-state index in [1.807, 2.05) is 19.9 Å². The number of anilines is 1. The number of sulfonamides is 1. The molecule has 0 fully saturated rings. The number of pyridine rings is 1. The molecule has 0 bridgehead atoms. The zero-order valence-electron chi connectivity index (χ0n) is 12.1. The molecule has 2 aromatic rings. The number of likely N-dealkylation sites (N-methyl/N-ethyl adjacent to an activating group) is 1. The van der Waals surface area contributed by atoms with E-state index >= 15 is 0 Å². The summed E-state index contributed by atoms with van der Waals surface area (Å²) in [6.07, 6.45) is 4.04. The summed E-state index contributed by atoms with van der Waals surface area (Å²) < 4.78 is 27.7. The van der Waals surface area contributed by atoms with E-state index < -0.39 is 10.0 Å². The SMILES string of the molecule is CCNCCc1ccc(S(=O)(=O)Nc2ccncc2C)s1. The Bertz CT molecular complexity index is 696. The molecule has 7 heteroatoms. The van der Waals surface area contributed by atoms with Crippen LogP contribution in [-0.4, -0.2) is 26.5 Å². The molecule has 0 radical (unpaired) electrons. The molecule has 2 N–H and O–H groups in total. The predicted molar refractivity (Wildman–Crippen MR) is 86.3 cm³/mol. The first kappa shape index (κ1) is 15.9. The Morgan fingerprint density at radius 2 is 2.10 bits per heavy atom. The van der Waals surface area contributed by atoms with Gasteiger partial charge in [0, 0.05) is 17.3 Å². The lowest BCUT2D eigenvalue weighted by molar-refractivity contribution is 0.603. The Morgan fingerprint density at radius 3 is 2.81 bits per heavy atom. The Morgan fingerprint density at radius 1 is 1.29 bits per heavy atom. The average molecular weight is 325 g/mol. The summed E-state index contributed by atoms with van der Waals surface area (Å²) in [5, 5.41) is 3.23. The lowest BCUT2D eigenvalue weighted by Gasteiger charge is -2.08. The van der Waals surface area contributed by atoms with E-state index in [0.717, 1.165) is 30.0 Å². The molecule has 0 atom stereocenters. The molecule has 21 heavy (non-hydrogen) atoms. The third kappa shape index (κ3) is 4.26. The zero-order valence-corrected chi connectivity index (χ0v) is 13.7. The van der Waals surface area contributed by atoms with Crippen LogP contribution < -0.4 is 10.0 Å². The van der Waals surface area contributed by atoms with Gasteiger partial charge in [0.25, 0.3) is 10.0 Å². The number of aryl methyl sites for hydroxylation is 1. The van der Waals surface area contributed by atoms with Crippen LogP contribution in [0.2, 0.25) is 0 Å². The topological polar surface area (TPSA) is 71.1 Å². The highest BCUT2D eigenvalue weighted by Gasteiger charge is 2.17. The average Bonchev–Trinajstić information content (AvgIpc) is 2.91. The molecule has 2 rings (SSSR count). The van der Waals surface area contributed by atoms with E-state index in [9.17, 15) is 8.42 Å². The molecule has 2 aromatic heterocycles. The van der Waals surface area contributed by atoms with Gasteiger partial charge in [-0.05, 0) is 50.2 Å². The van der Waals surface area contributed by atoms with E-state index in [-0.39, 0.29) is 0 Å². The first-order chi connectivity index (χ1) is 10.0. The highest BCUT2D eigenvalue weighted by atomic mass is 32.2. The van der Waals surface area contributed by atoms with Gasteiger partial charge in [-0.25, -0.2) is 8.42 Å². The third-order valence-electron chi connectivity index (χ3n) is 2.96. The van der Waals surface area contributed by atoms with Gasteiger partial charge in [-0.1, -0.05) is 6.92 Å². The fraction of sp³-hybridized carbons (Fsp3) is 0.357. The highest BCUT2D eigenvalue weighted by Crippen LogP contribution is 2.25. The van der Waals surface area contributed by atoms with E-state index in [1.54, 1.807) is 24.5 Å². The van der Waals surface area contributed by atoms with Crippen molar-refractivity contribution in [3.63, 3.8) is 0 Å². The minimum absolute atomic E-state index is 0.338. The van der Waals surface area contributed by atoms with Crippen LogP contribution >= 0.6 is 11.3 Å². The zero-order chi connectivity index (χ0) is 15.3. The van der Waals surface area contributed by atoms with Crippen molar-refractivity contribution in [1.29, 1.82) is 0 Å². The summed E-state index contributed by atoms with van der Waals surface area (Å²) in [6, 6.07) is 5.19. The summed E-state index contributed by atoms with van der Waals surface area (Å²) in [5.41, 5.74) is 1.36. The molecule has 0 aromatic carbocycles. The minimum Gasteiger partial charge on any atom is -0.317 e. The Balaban J connectivity index is 2.11. The van der Waals surface area contributed by atoms with Crippen molar-refractivity contribution >= 4 is 27.0 Å². The largest absolute Gasteiger partial charge is 0.317 e. The fourth-order valence-corrected chi connectivity index (χ4v) is 4.29. The summed E-state index contributed by atoms with van der Waals surface area (Å²) in [7, 11) is -3.53. The molecular formula is C14H19N3O2S2. The predicted octanol–water partition coefficient (Wildman–Crippen LogP) is 2.40. The Labute approximate surface area is 129 Å². The second-order valence-corrected chi connectivity index (χ2v) is 7.70. The minimum atomic E-state index is -3.53. The van der Waals surface area contributed by atoms with Gasteiger partial charge in [0.2, 0.25) is 0 Å². The molecule has 0 aliphatic rings. The van der Waals surface area contributed by atoms with Gasteiger partial charge in [-0.2, -0.15) is 0 Å². The van der Waals surface area contributed by atoms with Crippen LogP contribution in [0.4, 0.5) is 5.69 Å². The van der Waals surface area contributed by atoms with Crippen molar-refractivity contribution in [2.45, 2.75) is 24.5 Å². The summed E-state index contributed by atoms with van der Waals surface area (Å²) >= 11 is 1.31. The van der Waals surface area contributed by atoms with Gasteiger partial charge in [-0.3, -0.25) is 9.71 Å². The van der Waals surface area contributed by atoms with Crippen molar-refractivity contribution in [1.82, 2.24) is 10.3 Å². The number of nitrogens with one attached hydrogen (secondary N) is 2. The van der Waals surface area contributed by atoms with Gasteiger partial charge < -0.3 is 5.32 Å². The number of aromatic nitrogens is 1. The summed E-state index contributed by atoms with van der Waals surface area (Å²) in [4.78, 5) is 5.01. The Hall–Kier alpha value is -1.44. The van der Waals surface area contributed by atoms with E-state index in [0.29, 0.717) is 9.90 Å². The maximum atomic E-state index is 12.4. The molecule has 0 spiro atoms. The smallest absolute Gasteiger partial charge is 0.271 e. The van der Waals surface area contributed by atoms with Crippen molar-refractivity contribution in [2.75, 3.05) is 17.8 Å². The molecule has 5 nitrogen and oxygen atoms in total. The van der Waals surface area contributed by atoms with Gasteiger partial charge in [0.1, 0.15) is 4.21 Å². The van der Waals surface area contributed by atoms with Crippen molar-refractivity contribution in [3.05, 3.63) is 41.0 Å². The van der Waals surface area contributed by atoms with E-state index in [4.69, 9.17) is 0 Å². The lowest BCUT2D eigenvalue weighted by atomic mass is 10.3. The molecule has 114 valence electrons. The van der Waals surface area contributed by atoms with Gasteiger partial charge >= 0.3 is 0 Å². The van der Waals surface area contributed by atoms with Crippen LogP contribution in [0.3, 0.4) is 0 Å². The van der Waals surface area contributed by atoms with Gasteiger partial charge in [0.15, 0.2) is 0 Å². The Kier molecular flexibility index (Phi) is 5.33. The molecule has 0 unspecified atom stereocenters. The second-order valence-electron chi connectivity index (χ2n) is 4.62. The number of nitrogens with zero attached hydrogens (tertiary/aromatic N) is 1. The summed E-state index contributed by atoms with van der Waals surface area (Å²) in [6.45, 7) is 5.64. The normalized spacial score (nSPS) is 11.5. The van der Waals surface area contributed by atoms with Crippen LogP contribution in [-0.2, 0) is 16.4 Å². The van der Waals surface area contributed by atoms with Crippen molar-refractivity contribution in [3.8, 4) is 0 Å². The molecule has 2 heterocycles. The van der Waals surface area contributed by atoms with Gasteiger partial charge in [-0.15, -0.1) is 11.3 Å². The first-order valence-corrected chi connectivity index (χ1v) is 9.06. The second kappa shape index (κ2) is 7.02. The van der Waals surface area contributed by atoms with Crippen LogP contribution in [0.5, 0.6) is 0 Å². The monoisotopic (exact) mass is 325 g/mol. The molecule has 0 aliphatic heterocycles. The quantitative estimate of drug-likeness (QED) is 0.767. The van der Waals surface area contributed by atoms with Crippen LogP contribution in [0.15, 0.2) is 34.8 Å². The van der Waals surface area contributed by atoms with Crippen molar-refractivity contribution in [2.24, 2.45) is 0 Å². The molecule has 0 aliphatic carbocycles. The fourth-order valence-electron chi connectivity index (χ4n) is 1.81. The number of hydrogen-bond acceptors (Lipinski definition) is 5. The standard InChI is InChI=1S/C14H19N3O2S2/c1-3-15-8-6-12-4-5-14(20-12)21(18,19)17-13-7-9-16-10-11(13)2/h4-5,7,9-10,15H,3,6,8H2,1-2H3,(H,16,17). The highest BCUT2D eigenvalue weighted by molar-refractivity contribution is 7.94. The molecular weight excluding hydrogens is 306 g/mol. The number of hydrogen-bond donors (Lipinski definition) is 2. The number of thiophene rings is 1. The number of rotatable bonds is 7. The maximum Gasteiger partial charge on any atom is 0.271 e. The molecule has 0 amide bonds. The van der Waals surface area contributed by atoms with Crippen molar-refractivity contribution < 1.29 is 8.42 Å². The van der Waals surface area contributed by atoms with Crippen LogP contribution in [0, 0.1) is 6.92 Å². The summed E-state index contributed by atoms with van der Waals surface area (Å²) in [5.74, 6) is 0. The van der Waals surface area contributed by atoms with Crippen LogP contribution in [0.1, 0.15) is 17.4 Å². The molecule has 0 saturated carbocycles. The van der Waals surface area contributed by atoms with E-state index in [1.165, 1.54) is 11.3 Å². The van der Waals surface area contributed by atoms with Crippen LogP contribution in [0.25, 0.3) is 0 Å². The maximum absolute atomic E-state index is 12.4. The lowest BCUT2D eigenvalue weighted by Crippen LogP contribution is -2.15.